The highest BCUT2D eigenvalue weighted by Gasteiger charge is 2.15. The van der Waals surface area contributed by atoms with Gasteiger partial charge in [-0.25, -0.2) is 0 Å². The van der Waals surface area contributed by atoms with Gasteiger partial charge in [0.25, 0.3) is 0 Å². The molecule has 7 N–H and O–H groups in total. The van der Waals surface area contributed by atoms with Gasteiger partial charge in [0, 0.05) is 5.70 Å². The molecule has 0 saturated heterocycles. The van der Waals surface area contributed by atoms with Crippen molar-refractivity contribution in [2.45, 2.75) is 19.1 Å². The van der Waals surface area contributed by atoms with Crippen molar-refractivity contribution in [1.29, 1.82) is 0 Å². The summed E-state index contributed by atoms with van der Waals surface area (Å²) in [5.74, 6) is 0. The van der Waals surface area contributed by atoms with Gasteiger partial charge < -0.3 is 21.7 Å². The first-order valence-electron chi connectivity index (χ1n) is 14.8. The number of rotatable bonds is 11. The van der Waals surface area contributed by atoms with Crippen LogP contribution in [0.15, 0.2) is 145 Å². The fourth-order valence-electron chi connectivity index (χ4n) is 5.62. The topological polar surface area (TPSA) is 105 Å². The quantitative estimate of drug-likeness (QED) is 0.0675. The Hall–Kier alpha value is -4.94. The van der Waals surface area contributed by atoms with Gasteiger partial charge in [0.05, 0.1) is 12.3 Å². The minimum absolute atomic E-state index is 0.169. The summed E-state index contributed by atoms with van der Waals surface area (Å²) in [4.78, 5) is 0. The smallest absolute Gasteiger partial charge is 0.145 e. The van der Waals surface area contributed by atoms with E-state index in [1.54, 1.807) is 19.2 Å². The third-order valence-corrected chi connectivity index (χ3v) is 7.86. The monoisotopic (exact) mass is 581 g/mol. The van der Waals surface area contributed by atoms with Crippen LogP contribution in [0.3, 0.4) is 0 Å². The van der Waals surface area contributed by atoms with Crippen LogP contribution in [-0.2, 0) is 12.8 Å². The molecule has 5 heteroatoms. The number of likely N-dealkylation sites (N-methyl/N-ethyl adjacent to an activating group) is 1. The lowest BCUT2D eigenvalue weighted by Crippen LogP contribution is -2.30. The summed E-state index contributed by atoms with van der Waals surface area (Å²) in [5, 5.41) is 26.8. The molecule has 0 aromatic heterocycles. The van der Waals surface area contributed by atoms with Crippen molar-refractivity contribution in [3.05, 3.63) is 156 Å². The predicted octanol–water partition coefficient (Wildman–Crippen LogP) is 6.74. The third-order valence-electron chi connectivity index (χ3n) is 7.86. The Labute approximate surface area is 259 Å². The highest BCUT2D eigenvalue weighted by atomic mass is 16.3. The largest absolute Gasteiger partial charge is 0.400 e. The number of allylic oxidation sites excluding steroid dienone is 6. The number of fused-ring (bicyclic) bond motifs is 2. The third kappa shape index (κ3) is 6.82. The van der Waals surface area contributed by atoms with Crippen LogP contribution in [0.4, 0.5) is 0 Å². The Balaban J connectivity index is 1.69. The maximum Gasteiger partial charge on any atom is 0.145 e. The summed E-state index contributed by atoms with van der Waals surface area (Å²) >= 11 is 0. The van der Waals surface area contributed by atoms with E-state index >= 15 is 0 Å². The van der Waals surface area contributed by atoms with Crippen LogP contribution in [0, 0.1) is 0 Å². The van der Waals surface area contributed by atoms with E-state index in [0.29, 0.717) is 24.2 Å². The van der Waals surface area contributed by atoms with Gasteiger partial charge in [-0.1, -0.05) is 115 Å². The lowest BCUT2D eigenvalue weighted by Gasteiger charge is -2.18. The molecule has 1 unspecified atom stereocenters. The fraction of sp³-hybridized carbons (Fsp3) is 0.128. The zero-order chi connectivity index (χ0) is 30.9. The Bertz CT molecular complexity index is 1870. The SMILES string of the molecule is CNC(O)/C(N)=C/C=C\Cc1c2ccccc2c(C/C=C\C=C(/N)CO)c2cc(-c3ccccc3-c3ccccc3)ccc12. The van der Waals surface area contributed by atoms with Crippen LogP contribution < -0.4 is 16.8 Å². The zero-order valence-electron chi connectivity index (χ0n) is 24.9. The van der Waals surface area contributed by atoms with E-state index in [1.165, 1.54) is 49.4 Å². The Kier molecular flexibility index (Phi) is 10.1. The van der Waals surface area contributed by atoms with Gasteiger partial charge in [0.1, 0.15) is 6.23 Å². The van der Waals surface area contributed by atoms with Crippen LogP contribution in [-0.4, -0.2) is 30.1 Å². The molecule has 5 nitrogen and oxygen atoms in total. The van der Waals surface area contributed by atoms with Gasteiger partial charge in [0.15, 0.2) is 0 Å². The summed E-state index contributed by atoms with van der Waals surface area (Å²) in [7, 11) is 1.66. The number of nitrogens with two attached hydrogens (primary N) is 2. The molecule has 0 spiro atoms. The molecule has 5 rings (SSSR count). The average molecular weight is 582 g/mol. The number of nitrogens with one attached hydrogen (secondary N) is 1. The molecular formula is C39H39N3O2. The minimum atomic E-state index is -0.881. The van der Waals surface area contributed by atoms with Crippen molar-refractivity contribution < 1.29 is 10.2 Å². The van der Waals surface area contributed by atoms with Crippen molar-refractivity contribution in [3.63, 3.8) is 0 Å². The second-order valence-electron chi connectivity index (χ2n) is 10.7. The Morgan fingerprint density at radius 1 is 0.682 bits per heavy atom. The van der Waals surface area contributed by atoms with E-state index in [9.17, 15) is 10.2 Å². The molecule has 0 aliphatic rings. The molecule has 0 amide bonds. The molecule has 0 saturated carbocycles. The molecular weight excluding hydrogens is 542 g/mol. The van der Waals surface area contributed by atoms with Gasteiger partial charge in [-0.2, -0.15) is 0 Å². The molecule has 5 aromatic rings. The van der Waals surface area contributed by atoms with E-state index < -0.39 is 6.23 Å². The maximum absolute atomic E-state index is 9.93. The summed E-state index contributed by atoms with van der Waals surface area (Å²) in [6.07, 6.45) is 12.0. The second-order valence-corrected chi connectivity index (χ2v) is 10.7. The summed E-state index contributed by atoms with van der Waals surface area (Å²) in [5.41, 5.74) is 19.8. The molecule has 0 aliphatic carbocycles. The zero-order valence-corrected chi connectivity index (χ0v) is 24.9. The summed E-state index contributed by atoms with van der Waals surface area (Å²) in [6.45, 7) is -0.169. The summed E-state index contributed by atoms with van der Waals surface area (Å²) in [6, 6.07) is 34.3. The molecule has 0 bridgehead atoms. The van der Waals surface area contributed by atoms with Gasteiger partial charge >= 0.3 is 0 Å². The number of hydrogen-bond donors (Lipinski definition) is 5. The lowest BCUT2D eigenvalue weighted by molar-refractivity contribution is 0.181. The van der Waals surface area contributed by atoms with Crippen molar-refractivity contribution in [1.82, 2.24) is 5.32 Å². The Morgan fingerprint density at radius 2 is 1.23 bits per heavy atom. The average Bonchev–Trinajstić information content (AvgIpc) is 3.08. The van der Waals surface area contributed by atoms with Crippen LogP contribution in [0.5, 0.6) is 0 Å². The van der Waals surface area contributed by atoms with E-state index in [1.807, 2.05) is 18.2 Å². The van der Waals surface area contributed by atoms with E-state index in [4.69, 9.17) is 11.5 Å². The van der Waals surface area contributed by atoms with Crippen molar-refractivity contribution in [2.24, 2.45) is 11.5 Å². The van der Waals surface area contributed by atoms with E-state index in [-0.39, 0.29) is 6.61 Å². The Morgan fingerprint density at radius 3 is 1.86 bits per heavy atom. The molecule has 1 atom stereocenters. The number of hydrogen-bond acceptors (Lipinski definition) is 5. The second kappa shape index (κ2) is 14.5. The van der Waals surface area contributed by atoms with Crippen molar-refractivity contribution in [3.8, 4) is 22.3 Å². The van der Waals surface area contributed by atoms with Gasteiger partial charge in [-0.3, -0.25) is 5.32 Å². The van der Waals surface area contributed by atoms with Gasteiger partial charge in [0.2, 0.25) is 0 Å². The first-order chi connectivity index (χ1) is 21.5. The molecule has 0 radical (unpaired) electrons. The maximum atomic E-state index is 9.93. The van der Waals surface area contributed by atoms with Crippen LogP contribution in [0.25, 0.3) is 43.8 Å². The van der Waals surface area contributed by atoms with Crippen LogP contribution in [0.1, 0.15) is 11.1 Å². The van der Waals surface area contributed by atoms with E-state index in [0.717, 1.165) is 5.56 Å². The minimum Gasteiger partial charge on any atom is -0.400 e. The molecule has 0 aliphatic heterocycles. The number of aliphatic hydroxyl groups excluding tert-OH is 2. The lowest BCUT2D eigenvalue weighted by atomic mass is 9.86. The highest BCUT2D eigenvalue weighted by Crippen LogP contribution is 2.38. The number of aliphatic hydroxyl groups is 2. The van der Waals surface area contributed by atoms with Crippen LogP contribution in [0.2, 0.25) is 0 Å². The summed E-state index contributed by atoms with van der Waals surface area (Å²) < 4.78 is 0. The number of benzene rings is 5. The van der Waals surface area contributed by atoms with Gasteiger partial charge in [-0.15, -0.1) is 0 Å². The first kappa shape index (κ1) is 30.5. The van der Waals surface area contributed by atoms with Crippen molar-refractivity contribution >= 4 is 21.5 Å². The van der Waals surface area contributed by atoms with Crippen molar-refractivity contribution in [2.75, 3.05) is 13.7 Å². The molecule has 0 heterocycles. The predicted molar refractivity (Wildman–Crippen MR) is 185 cm³/mol. The van der Waals surface area contributed by atoms with Gasteiger partial charge in [-0.05, 0) is 93.0 Å². The fourth-order valence-corrected chi connectivity index (χ4v) is 5.62. The highest BCUT2D eigenvalue weighted by molar-refractivity contribution is 6.07. The molecule has 0 fully saturated rings. The molecule has 222 valence electrons. The standard InChI is InChI=1S/C39H39N3O2/c1-42-39(44)38(41)22-12-11-20-34-32-18-9-10-19-33(32)35(21-6-5-15-29(40)26-43)37-25-28(23-24-36(34)37)31-17-8-7-16-30(31)27-13-3-2-4-14-27/h2-19,22-25,39,42-44H,20-21,26,40-41H2,1H3/b6-5-,12-11-,29-15-,38-22-. The molecule has 44 heavy (non-hydrogen) atoms. The first-order valence-corrected chi connectivity index (χ1v) is 14.8. The normalized spacial score (nSPS) is 13.4. The molecule has 5 aromatic carbocycles. The van der Waals surface area contributed by atoms with E-state index in [2.05, 4.69) is 108 Å². The van der Waals surface area contributed by atoms with Crippen LogP contribution >= 0.6 is 0 Å².